The van der Waals surface area contributed by atoms with Crippen LogP contribution in [0.15, 0.2) is 60.0 Å². The Balaban J connectivity index is 1.97. The van der Waals surface area contributed by atoms with Crippen molar-refractivity contribution in [3.63, 3.8) is 0 Å². The minimum atomic E-state index is 0.980. The SMILES string of the molecule is IN1C2=C(CCC=C2)Oc2c1ccc1ccccc21. The summed E-state index contributed by atoms with van der Waals surface area (Å²) in [5, 5.41) is 2.41. The predicted octanol–water partition coefficient (Wildman–Crippen LogP) is 4.95. The van der Waals surface area contributed by atoms with Gasteiger partial charge in [-0.1, -0.05) is 36.4 Å². The van der Waals surface area contributed by atoms with Crippen molar-refractivity contribution in [1.29, 1.82) is 0 Å². The average Bonchev–Trinajstić information content (AvgIpc) is 2.47. The molecular formula is C16H12INO. The first kappa shape index (κ1) is 11.3. The van der Waals surface area contributed by atoms with Gasteiger partial charge in [0.25, 0.3) is 0 Å². The third-order valence-electron chi connectivity index (χ3n) is 3.61. The number of benzene rings is 2. The number of fused-ring (bicyclic) bond motifs is 3. The van der Waals surface area contributed by atoms with Gasteiger partial charge in [-0.15, -0.1) is 0 Å². The van der Waals surface area contributed by atoms with Gasteiger partial charge in [-0.2, -0.15) is 0 Å². The van der Waals surface area contributed by atoms with E-state index in [2.05, 4.69) is 74.5 Å². The number of hydrogen-bond donors (Lipinski definition) is 0. The normalized spacial score (nSPS) is 17.2. The molecule has 0 saturated carbocycles. The highest BCUT2D eigenvalue weighted by Crippen LogP contribution is 2.46. The van der Waals surface area contributed by atoms with Crippen LogP contribution in [0.1, 0.15) is 12.8 Å². The Morgan fingerprint density at radius 3 is 2.95 bits per heavy atom. The highest BCUT2D eigenvalue weighted by Gasteiger charge is 2.26. The molecule has 0 N–H and O–H groups in total. The van der Waals surface area contributed by atoms with Crippen LogP contribution in [0.3, 0.4) is 0 Å². The number of anilines is 1. The fourth-order valence-corrected chi connectivity index (χ4v) is 3.46. The van der Waals surface area contributed by atoms with Gasteiger partial charge in [-0.25, -0.2) is 0 Å². The maximum atomic E-state index is 6.20. The smallest absolute Gasteiger partial charge is 0.159 e. The van der Waals surface area contributed by atoms with Gasteiger partial charge in [-0.05, 0) is 23.9 Å². The van der Waals surface area contributed by atoms with Gasteiger partial charge in [-0.3, -0.25) is 3.11 Å². The van der Waals surface area contributed by atoms with Gasteiger partial charge in [0.2, 0.25) is 0 Å². The summed E-state index contributed by atoms with van der Waals surface area (Å²) in [5.41, 5.74) is 2.30. The summed E-state index contributed by atoms with van der Waals surface area (Å²) in [6.45, 7) is 0. The first-order valence-corrected chi connectivity index (χ1v) is 7.36. The number of ether oxygens (including phenoxy) is 1. The van der Waals surface area contributed by atoms with Gasteiger partial charge >= 0.3 is 0 Å². The molecule has 0 radical (unpaired) electrons. The number of allylic oxidation sites excluding steroid dienone is 3. The number of nitrogens with zero attached hydrogens (tertiary/aromatic N) is 1. The molecule has 0 aromatic heterocycles. The molecule has 2 aromatic rings. The van der Waals surface area contributed by atoms with Crippen molar-refractivity contribution in [2.45, 2.75) is 12.8 Å². The van der Waals surface area contributed by atoms with E-state index in [4.69, 9.17) is 4.74 Å². The molecule has 0 saturated heterocycles. The minimum Gasteiger partial charge on any atom is -0.457 e. The molecule has 4 rings (SSSR count). The molecule has 0 fully saturated rings. The molecule has 2 aromatic carbocycles. The Kier molecular flexibility index (Phi) is 2.55. The predicted molar refractivity (Wildman–Crippen MR) is 86.5 cm³/mol. The summed E-state index contributed by atoms with van der Waals surface area (Å²) < 4.78 is 8.40. The molecule has 1 aliphatic carbocycles. The van der Waals surface area contributed by atoms with Gasteiger partial charge < -0.3 is 4.74 Å². The lowest BCUT2D eigenvalue weighted by Crippen LogP contribution is -2.20. The highest BCUT2D eigenvalue weighted by atomic mass is 127. The zero-order chi connectivity index (χ0) is 12.8. The van der Waals surface area contributed by atoms with Crippen molar-refractivity contribution in [1.82, 2.24) is 0 Å². The van der Waals surface area contributed by atoms with Gasteiger partial charge in [0.1, 0.15) is 5.76 Å². The number of rotatable bonds is 0. The molecular weight excluding hydrogens is 349 g/mol. The molecule has 2 nitrogen and oxygen atoms in total. The fraction of sp³-hybridized carbons (Fsp3) is 0.125. The zero-order valence-electron chi connectivity index (χ0n) is 10.3. The Bertz CT molecular complexity index is 733. The summed E-state index contributed by atoms with van der Waals surface area (Å²) in [6, 6.07) is 12.7. The summed E-state index contributed by atoms with van der Waals surface area (Å²) in [4.78, 5) is 0. The topological polar surface area (TPSA) is 12.5 Å². The van der Waals surface area contributed by atoms with Crippen LogP contribution in [0.2, 0.25) is 0 Å². The molecule has 0 spiro atoms. The van der Waals surface area contributed by atoms with E-state index in [1.165, 1.54) is 16.5 Å². The van der Waals surface area contributed by atoms with Crippen LogP contribution in [0.25, 0.3) is 10.8 Å². The second kappa shape index (κ2) is 4.27. The highest BCUT2D eigenvalue weighted by molar-refractivity contribution is 14.1. The van der Waals surface area contributed by atoms with Crippen LogP contribution in [-0.4, -0.2) is 0 Å². The van der Waals surface area contributed by atoms with E-state index in [1.807, 2.05) is 0 Å². The third kappa shape index (κ3) is 1.68. The van der Waals surface area contributed by atoms with E-state index in [-0.39, 0.29) is 0 Å². The van der Waals surface area contributed by atoms with E-state index in [0.29, 0.717) is 0 Å². The lowest BCUT2D eigenvalue weighted by molar-refractivity contribution is 0.395. The van der Waals surface area contributed by atoms with Crippen molar-refractivity contribution >= 4 is 39.3 Å². The van der Waals surface area contributed by atoms with Crippen LogP contribution in [0.4, 0.5) is 5.69 Å². The van der Waals surface area contributed by atoms with Crippen LogP contribution in [0.5, 0.6) is 5.75 Å². The quantitative estimate of drug-likeness (QED) is 0.486. The van der Waals surface area contributed by atoms with E-state index >= 15 is 0 Å². The monoisotopic (exact) mass is 361 g/mol. The fourth-order valence-electron chi connectivity index (χ4n) is 2.65. The molecule has 0 atom stereocenters. The standard InChI is InChI=1S/C16H12INO/c17-18-13-7-3-4-8-15(13)19-16-12-6-2-1-5-11(12)9-10-14(16)18/h1-3,5-7,9-10H,4,8H2. The van der Waals surface area contributed by atoms with Crippen LogP contribution in [0, 0.1) is 0 Å². The van der Waals surface area contributed by atoms with E-state index in [1.54, 1.807) is 0 Å². The van der Waals surface area contributed by atoms with Gasteiger partial charge in [0.15, 0.2) is 5.75 Å². The molecule has 1 aliphatic heterocycles. The van der Waals surface area contributed by atoms with Gasteiger partial charge in [0, 0.05) is 11.8 Å². The molecule has 0 unspecified atom stereocenters. The van der Waals surface area contributed by atoms with Crippen molar-refractivity contribution in [3.8, 4) is 5.75 Å². The third-order valence-corrected chi connectivity index (χ3v) is 4.65. The molecule has 2 aliphatic rings. The van der Waals surface area contributed by atoms with Crippen LogP contribution < -0.4 is 7.85 Å². The van der Waals surface area contributed by atoms with Crippen molar-refractivity contribution < 1.29 is 4.74 Å². The first-order valence-electron chi connectivity index (χ1n) is 6.40. The number of halogens is 1. The largest absolute Gasteiger partial charge is 0.457 e. The van der Waals surface area contributed by atoms with Crippen LogP contribution >= 0.6 is 22.9 Å². The van der Waals surface area contributed by atoms with E-state index in [9.17, 15) is 0 Å². The van der Waals surface area contributed by atoms with E-state index in [0.717, 1.165) is 30.0 Å². The lowest BCUT2D eigenvalue weighted by Gasteiger charge is -2.31. The Labute approximate surface area is 125 Å². The molecule has 19 heavy (non-hydrogen) atoms. The zero-order valence-corrected chi connectivity index (χ0v) is 12.4. The summed E-state index contributed by atoms with van der Waals surface area (Å²) in [6.07, 6.45) is 6.40. The van der Waals surface area contributed by atoms with Crippen molar-refractivity contribution in [3.05, 3.63) is 60.0 Å². The maximum Gasteiger partial charge on any atom is 0.159 e. The molecule has 3 heteroatoms. The first-order chi connectivity index (χ1) is 9.34. The second-order valence-corrected chi connectivity index (χ2v) is 5.73. The Hall–Kier alpha value is -1.49. The van der Waals surface area contributed by atoms with Crippen molar-refractivity contribution in [2.24, 2.45) is 0 Å². The average molecular weight is 361 g/mol. The van der Waals surface area contributed by atoms with Crippen molar-refractivity contribution in [2.75, 3.05) is 3.11 Å². The molecule has 94 valence electrons. The van der Waals surface area contributed by atoms with Gasteiger partial charge in [0.05, 0.1) is 34.2 Å². The molecule has 0 amide bonds. The summed E-state index contributed by atoms with van der Waals surface area (Å²) >= 11 is 2.36. The summed E-state index contributed by atoms with van der Waals surface area (Å²) in [7, 11) is 0. The van der Waals surface area contributed by atoms with Crippen LogP contribution in [-0.2, 0) is 0 Å². The second-order valence-electron chi connectivity index (χ2n) is 4.77. The minimum absolute atomic E-state index is 0.980. The summed E-state index contributed by atoms with van der Waals surface area (Å²) in [5.74, 6) is 2.07. The molecule has 0 bridgehead atoms. The van der Waals surface area contributed by atoms with E-state index < -0.39 is 0 Å². The Morgan fingerprint density at radius 2 is 2.00 bits per heavy atom. The lowest BCUT2D eigenvalue weighted by atomic mass is 10.0. The molecule has 1 heterocycles. The Morgan fingerprint density at radius 1 is 1.11 bits per heavy atom. The maximum absolute atomic E-state index is 6.20. The number of hydrogen-bond acceptors (Lipinski definition) is 2.